The molecular formula is C16H24ClO5P2+. The van der Waals surface area contributed by atoms with E-state index in [1.54, 1.807) is 25.1 Å². The highest BCUT2D eigenvalue weighted by Gasteiger charge is 2.52. The first kappa shape index (κ1) is 19.9. The standard InChI is InChI=1S/C16H24ClO5P2/c1-11-7-13(5-6-14(11)17)19-8-15(18)22-12(2)24(23)20-9-16(3,4)10-21-24/h5-7,12H,8-10,23H2,1-4H3/q+1. The second-order valence-corrected chi connectivity index (χ2v) is 11.7. The van der Waals surface area contributed by atoms with Gasteiger partial charge in [-0.15, -0.1) is 0 Å². The molecule has 1 aliphatic rings. The van der Waals surface area contributed by atoms with E-state index < -0.39 is 19.2 Å². The number of esters is 1. The van der Waals surface area contributed by atoms with Crippen molar-refractivity contribution in [3.8, 4) is 5.75 Å². The lowest BCUT2D eigenvalue weighted by Crippen LogP contribution is -2.33. The van der Waals surface area contributed by atoms with Gasteiger partial charge < -0.3 is 9.47 Å². The maximum absolute atomic E-state index is 12.0. The lowest BCUT2D eigenvalue weighted by molar-refractivity contribution is -0.148. The van der Waals surface area contributed by atoms with E-state index >= 15 is 0 Å². The Morgan fingerprint density at radius 1 is 1.42 bits per heavy atom. The second-order valence-electron chi connectivity index (χ2n) is 6.65. The fourth-order valence-corrected chi connectivity index (χ4v) is 4.60. The molecule has 0 amide bonds. The number of rotatable bonds is 5. The first-order chi connectivity index (χ1) is 11.1. The van der Waals surface area contributed by atoms with Gasteiger partial charge in [-0.2, -0.15) is 9.05 Å². The summed E-state index contributed by atoms with van der Waals surface area (Å²) in [6.07, 6.45) is 0. The van der Waals surface area contributed by atoms with E-state index in [9.17, 15) is 4.79 Å². The molecule has 2 unspecified atom stereocenters. The molecule has 0 bridgehead atoms. The van der Waals surface area contributed by atoms with Crippen molar-refractivity contribution in [3.05, 3.63) is 28.8 Å². The molecule has 134 valence electrons. The molecule has 2 rings (SSSR count). The minimum absolute atomic E-state index is 0.0284. The number of carbonyl (C=O) groups excluding carboxylic acids is 1. The highest BCUT2D eigenvalue weighted by molar-refractivity contribution is 8.19. The van der Waals surface area contributed by atoms with E-state index in [-0.39, 0.29) is 12.0 Å². The van der Waals surface area contributed by atoms with Gasteiger partial charge in [-0.3, -0.25) is 0 Å². The molecule has 0 spiro atoms. The predicted molar refractivity (Wildman–Crippen MR) is 99.6 cm³/mol. The van der Waals surface area contributed by atoms with Crippen molar-refractivity contribution in [2.75, 3.05) is 19.8 Å². The van der Waals surface area contributed by atoms with Crippen molar-refractivity contribution in [3.63, 3.8) is 0 Å². The predicted octanol–water partition coefficient (Wildman–Crippen LogP) is 4.63. The van der Waals surface area contributed by atoms with E-state index in [0.29, 0.717) is 24.0 Å². The molecule has 1 aromatic rings. The molecule has 1 aromatic carbocycles. The van der Waals surface area contributed by atoms with E-state index in [0.717, 1.165) is 5.56 Å². The first-order valence-corrected chi connectivity index (χ1v) is 11.4. The topological polar surface area (TPSA) is 54.0 Å². The fourth-order valence-electron chi connectivity index (χ4n) is 1.99. The van der Waals surface area contributed by atoms with Crippen molar-refractivity contribution < 1.29 is 23.3 Å². The Labute approximate surface area is 150 Å². The average Bonchev–Trinajstić information content (AvgIpc) is 2.51. The summed E-state index contributed by atoms with van der Waals surface area (Å²) in [7, 11) is 0.304. The number of carbonyl (C=O) groups is 1. The zero-order chi connectivity index (χ0) is 18.0. The lowest BCUT2D eigenvalue weighted by atomic mass is 9.97. The maximum Gasteiger partial charge on any atom is 0.347 e. The van der Waals surface area contributed by atoms with Crippen LogP contribution in [0.1, 0.15) is 26.3 Å². The normalized spacial score (nSPS) is 20.2. The van der Waals surface area contributed by atoms with E-state index in [4.69, 9.17) is 30.1 Å². The van der Waals surface area contributed by atoms with Gasteiger partial charge in [0.05, 0.1) is 8.93 Å². The summed E-state index contributed by atoms with van der Waals surface area (Å²) < 4.78 is 22.6. The van der Waals surface area contributed by atoms with Crippen molar-refractivity contribution in [1.29, 1.82) is 0 Å². The van der Waals surface area contributed by atoms with Crippen LogP contribution in [0.2, 0.25) is 5.02 Å². The minimum Gasteiger partial charge on any atom is -0.482 e. The van der Waals surface area contributed by atoms with Crippen molar-refractivity contribution in [2.45, 2.75) is 33.5 Å². The van der Waals surface area contributed by atoms with Gasteiger partial charge in [-0.05, 0) is 30.7 Å². The van der Waals surface area contributed by atoms with E-state index in [1.165, 1.54) is 0 Å². The summed E-state index contributed by atoms with van der Waals surface area (Å²) in [6.45, 7) is 8.77. The van der Waals surface area contributed by atoms with Crippen molar-refractivity contribution >= 4 is 33.9 Å². The van der Waals surface area contributed by atoms with Crippen LogP contribution < -0.4 is 4.74 Å². The molecule has 8 heteroatoms. The molecule has 1 saturated heterocycles. The summed E-state index contributed by atoms with van der Waals surface area (Å²) in [6, 6.07) is 5.22. The van der Waals surface area contributed by atoms with Crippen LogP contribution in [0, 0.1) is 12.3 Å². The molecule has 1 aliphatic heterocycles. The van der Waals surface area contributed by atoms with Crippen LogP contribution in [-0.2, 0) is 18.6 Å². The maximum atomic E-state index is 12.0. The monoisotopic (exact) mass is 393 g/mol. The molecule has 0 aliphatic carbocycles. The molecule has 0 saturated carbocycles. The van der Waals surface area contributed by atoms with Crippen LogP contribution in [0.5, 0.6) is 5.75 Å². The van der Waals surface area contributed by atoms with Gasteiger partial charge >= 0.3 is 13.4 Å². The fraction of sp³-hybridized carbons (Fsp3) is 0.562. The Bertz CT molecular complexity index is 598. The smallest absolute Gasteiger partial charge is 0.347 e. The van der Waals surface area contributed by atoms with Crippen molar-refractivity contribution in [1.82, 2.24) is 0 Å². The second kappa shape index (κ2) is 7.85. The number of hydrogen-bond acceptors (Lipinski definition) is 5. The van der Waals surface area contributed by atoms with E-state index in [2.05, 4.69) is 22.8 Å². The quantitative estimate of drug-likeness (QED) is 0.539. The molecule has 24 heavy (non-hydrogen) atoms. The van der Waals surface area contributed by atoms with Crippen LogP contribution in [0.25, 0.3) is 0 Å². The molecule has 0 aromatic heterocycles. The molecular weight excluding hydrogens is 370 g/mol. The van der Waals surface area contributed by atoms with Crippen LogP contribution in [0.3, 0.4) is 0 Å². The Morgan fingerprint density at radius 2 is 2.04 bits per heavy atom. The molecule has 0 radical (unpaired) electrons. The lowest BCUT2D eigenvalue weighted by Gasteiger charge is -2.35. The Hall–Kier alpha value is -0.440. The van der Waals surface area contributed by atoms with Crippen molar-refractivity contribution in [2.24, 2.45) is 5.41 Å². The molecule has 0 N–H and O–H groups in total. The number of aryl methyl sites for hydroxylation is 1. The van der Waals surface area contributed by atoms with E-state index in [1.807, 2.05) is 6.92 Å². The van der Waals surface area contributed by atoms with Crippen LogP contribution in [-0.4, -0.2) is 31.6 Å². The van der Waals surface area contributed by atoms with Crippen LogP contribution in [0.4, 0.5) is 0 Å². The number of benzene rings is 1. The SMILES string of the molecule is Cc1cc(OCC(=O)OC(C)[P+]2(P)OCC(C)(C)CO2)ccc1Cl. The largest absolute Gasteiger partial charge is 0.482 e. The summed E-state index contributed by atoms with van der Waals surface area (Å²) >= 11 is 5.96. The van der Waals surface area contributed by atoms with Crippen LogP contribution in [0.15, 0.2) is 18.2 Å². The zero-order valence-corrected chi connectivity index (χ0v) is 17.2. The molecule has 5 nitrogen and oxygen atoms in total. The number of halogens is 1. The number of hydrogen-bond donors (Lipinski definition) is 0. The van der Waals surface area contributed by atoms with Gasteiger partial charge in [0.2, 0.25) is 0 Å². The third-order valence-electron chi connectivity index (χ3n) is 3.61. The average molecular weight is 394 g/mol. The summed E-state index contributed by atoms with van der Waals surface area (Å²) in [5.41, 5.74) is 0.858. The minimum atomic E-state index is -2.30. The third kappa shape index (κ3) is 5.28. The summed E-state index contributed by atoms with van der Waals surface area (Å²) in [4.78, 5) is 12.0. The summed E-state index contributed by atoms with van der Waals surface area (Å²) in [5.74, 6) is -0.362. The Kier molecular flexibility index (Phi) is 6.50. The molecule has 1 fully saturated rings. The Balaban J connectivity index is 1.84. The number of ether oxygens (including phenoxy) is 2. The zero-order valence-electron chi connectivity index (χ0n) is 14.4. The van der Waals surface area contributed by atoms with Gasteiger partial charge in [0.1, 0.15) is 19.0 Å². The highest BCUT2D eigenvalue weighted by Crippen LogP contribution is 2.74. The molecule has 1 heterocycles. The van der Waals surface area contributed by atoms with Gasteiger partial charge in [0.25, 0.3) is 5.85 Å². The molecule has 2 atom stereocenters. The van der Waals surface area contributed by atoms with Gasteiger partial charge in [0, 0.05) is 17.4 Å². The van der Waals surface area contributed by atoms with Crippen LogP contribution >= 0.6 is 27.9 Å². The third-order valence-corrected chi connectivity index (χ3v) is 8.37. The first-order valence-electron chi connectivity index (χ1n) is 7.66. The Morgan fingerprint density at radius 3 is 2.62 bits per heavy atom. The summed E-state index contributed by atoms with van der Waals surface area (Å²) in [5, 5.41) is 0.655. The van der Waals surface area contributed by atoms with Gasteiger partial charge in [0.15, 0.2) is 6.61 Å². The van der Waals surface area contributed by atoms with Gasteiger partial charge in [-0.1, -0.05) is 25.4 Å². The van der Waals surface area contributed by atoms with Gasteiger partial charge in [-0.25, -0.2) is 4.79 Å². The highest BCUT2D eigenvalue weighted by atomic mass is 35.5.